The second-order valence-corrected chi connectivity index (χ2v) is 7.60. The summed E-state index contributed by atoms with van der Waals surface area (Å²) in [6.45, 7) is 5.09. The summed E-state index contributed by atoms with van der Waals surface area (Å²) in [7, 11) is -0.522. The molecule has 0 aromatic heterocycles. The van der Waals surface area contributed by atoms with E-state index in [1.54, 1.807) is 7.11 Å². The molecule has 0 bridgehead atoms. The first kappa shape index (κ1) is 14.9. The van der Waals surface area contributed by atoms with Gasteiger partial charge >= 0.3 is 8.72 Å². The van der Waals surface area contributed by atoms with Gasteiger partial charge in [-0.25, -0.2) is 0 Å². The Morgan fingerprint density at radius 3 is 2.35 bits per heavy atom. The minimum Gasteiger partial charge on any atom is -0.381 e. The molecule has 3 nitrogen and oxygen atoms in total. The van der Waals surface area contributed by atoms with E-state index in [2.05, 4.69) is 13.8 Å². The molecule has 1 aliphatic carbocycles. The van der Waals surface area contributed by atoms with Gasteiger partial charge in [0.2, 0.25) is 0 Å². The monoisotopic (exact) mass is 257 g/mol. The van der Waals surface area contributed by atoms with Crippen molar-refractivity contribution in [2.75, 3.05) is 13.7 Å². The second kappa shape index (κ2) is 8.00. The third-order valence-corrected chi connectivity index (χ3v) is 6.26. The SMILES string of the molecule is CCCO[Si](CCC)(N=C1CCCCC1)OC. The Kier molecular flexibility index (Phi) is 7.00. The Labute approximate surface area is 107 Å². The van der Waals surface area contributed by atoms with Crippen molar-refractivity contribution in [3.63, 3.8) is 0 Å². The molecule has 0 heterocycles. The molecule has 4 heteroatoms. The van der Waals surface area contributed by atoms with Gasteiger partial charge in [-0.1, -0.05) is 26.7 Å². The Morgan fingerprint density at radius 2 is 1.82 bits per heavy atom. The zero-order valence-corrected chi connectivity index (χ0v) is 12.6. The van der Waals surface area contributed by atoms with Gasteiger partial charge in [-0.3, -0.25) is 4.66 Å². The van der Waals surface area contributed by atoms with Crippen LogP contribution in [0.5, 0.6) is 0 Å². The van der Waals surface area contributed by atoms with Crippen LogP contribution in [0.4, 0.5) is 0 Å². The molecular weight excluding hydrogens is 230 g/mol. The number of rotatable bonds is 7. The predicted octanol–water partition coefficient (Wildman–Crippen LogP) is 3.81. The van der Waals surface area contributed by atoms with E-state index in [9.17, 15) is 0 Å². The average Bonchev–Trinajstić information content (AvgIpc) is 2.37. The van der Waals surface area contributed by atoms with Crippen LogP contribution >= 0.6 is 0 Å². The van der Waals surface area contributed by atoms with Gasteiger partial charge < -0.3 is 8.85 Å². The van der Waals surface area contributed by atoms with E-state index in [-0.39, 0.29) is 0 Å². The van der Waals surface area contributed by atoms with Crippen LogP contribution < -0.4 is 0 Å². The molecule has 1 atom stereocenters. The van der Waals surface area contributed by atoms with E-state index in [0.29, 0.717) is 0 Å². The fourth-order valence-electron chi connectivity index (χ4n) is 2.26. The maximum atomic E-state index is 6.00. The number of hydrogen-bond donors (Lipinski definition) is 0. The first-order valence-corrected chi connectivity index (χ1v) is 9.00. The van der Waals surface area contributed by atoms with Crippen molar-refractivity contribution in [3.8, 4) is 0 Å². The second-order valence-electron chi connectivity index (χ2n) is 4.75. The lowest BCUT2D eigenvalue weighted by atomic mass is 9.99. The van der Waals surface area contributed by atoms with Gasteiger partial charge in [-0.2, -0.15) is 0 Å². The van der Waals surface area contributed by atoms with Crippen LogP contribution in [0.1, 0.15) is 58.8 Å². The van der Waals surface area contributed by atoms with E-state index < -0.39 is 8.72 Å². The largest absolute Gasteiger partial charge is 0.477 e. The molecule has 1 fully saturated rings. The summed E-state index contributed by atoms with van der Waals surface area (Å²) in [5.41, 5.74) is 1.34. The highest BCUT2D eigenvalue weighted by molar-refractivity contribution is 6.66. The van der Waals surface area contributed by atoms with Crippen LogP contribution in [0.2, 0.25) is 6.04 Å². The molecule has 0 saturated heterocycles. The normalized spacial score (nSPS) is 20.1. The lowest BCUT2D eigenvalue weighted by Gasteiger charge is -2.26. The minimum absolute atomic E-state index is 0.775. The van der Waals surface area contributed by atoms with Crippen molar-refractivity contribution < 1.29 is 8.85 Å². The smallest absolute Gasteiger partial charge is 0.381 e. The molecule has 1 aliphatic rings. The van der Waals surface area contributed by atoms with Crippen LogP contribution in [0.25, 0.3) is 0 Å². The molecule has 0 amide bonds. The minimum atomic E-state index is -2.29. The van der Waals surface area contributed by atoms with Crippen molar-refractivity contribution in [3.05, 3.63) is 0 Å². The summed E-state index contributed by atoms with van der Waals surface area (Å²) >= 11 is 0. The highest BCUT2D eigenvalue weighted by atomic mass is 28.4. The first-order chi connectivity index (χ1) is 8.26. The van der Waals surface area contributed by atoms with E-state index in [1.165, 1.54) is 25.0 Å². The topological polar surface area (TPSA) is 30.8 Å². The molecule has 0 aliphatic heterocycles. The molecular formula is C13H27NO2Si. The Balaban J connectivity index is 2.71. The molecule has 17 heavy (non-hydrogen) atoms. The highest BCUT2D eigenvalue weighted by Gasteiger charge is 2.37. The maximum Gasteiger partial charge on any atom is 0.477 e. The zero-order valence-electron chi connectivity index (χ0n) is 11.6. The van der Waals surface area contributed by atoms with E-state index in [4.69, 9.17) is 13.5 Å². The molecule has 0 spiro atoms. The molecule has 0 N–H and O–H groups in total. The van der Waals surface area contributed by atoms with Crippen molar-refractivity contribution in [2.45, 2.75) is 64.8 Å². The molecule has 0 aromatic carbocycles. The molecule has 1 saturated carbocycles. The van der Waals surface area contributed by atoms with Gasteiger partial charge in [0.05, 0.1) is 0 Å². The predicted molar refractivity (Wildman–Crippen MR) is 74.6 cm³/mol. The standard InChI is InChI=1S/C13H27NO2Si/c1-4-11-16-17(15-3,12-5-2)14-13-9-7-6-8-10-13/h4-12H2,1-3H3. The fraction of sp³-hybridized carbons (Fsp3) is 0.923. The zero-order chi connectivity index (χ0) is 12.6. The van der Waals surface area contributed by atoms with Crippen molar-refractivity contribution in [1.82, 2.24) is 0 Å². The summed E-state index contributed by atoms with van der Waals surface area (Å²) in [4.78, 5) is 0. The number of nitrogens with zero attached hydrogens (tertiary/aromatic N) is 1. The van der Waals surface area contributed by atoms with E-state index in [1.807, 2.05) is 0 Å². The van der Waals surface area contributed by atoms with Crippen LogP contribution in [-0.2, 0) is 8.85 Å². The van der Waals surface area contributed by atoms with Crippen molar-refractivity contribution in [2.24, 2.45) is 4.66 Å². The molecule has 100 valence electrons. The van der Waals surface area contributed by atoms with Gasteiger partial charge in [0.1, 0.15) is 0 Å². The molecule has 1 unspecified atom stereocenters. The summed E-state index contributed by atoms with van der Waals surface area (Å²) in [6, 6.07) is 0.979. The summed E-state index contributed by atoms with van der Waals surface area (Å²) < 4.78 is 16.6. The third kappa shape index (κ3) is 4.90. The molecule has 1 rings (SSSR count). The Bertz CT molecular complexity index is 238. The van der Waals surface area contributed by atoms with Crippen LogP contribution in [0.3, 0.4) is 0 Å². The summed E-state index contributed by atoms with van der Waals surface area (Å²) in [5, 5.41) is 0. The van der Waals surface area contributed by atoms with Crippen LogP contribution in [-0.4, -0.2) is 28.2 Å². The van der Waals surface area contributed by atoms with E-state index >= 15 is 0 Å². The van der Waals surface area contributed by atoms with Gasteiger partial charge in [-0.15, -0.1) is 0 Å². The highest BCUT2D eigenvalue weighted by Crippen LogP contribution is 2.22. The Hall–Kier alpha value is -0.193. The fourth-order valence-corrected chi connectivity index (χ4v) is 4.85. The number of hydrogen-bond acceptors (Lipinski definition) is 3. The summed E-state index contributed by atoms with van der Waals surface area (Å²) in [6.07, 6.45) is 8.34. The summed E-state index contributed by atoms with van der Waals surface area (Å²) in [5.74, 6) is 0. The van der Waals surface area contributed by atoms with E-state index in [0.717, 1.165) is 38.3 Å². The van der Waals surface area contributed by atoms with Crippen LogP contribution in [0.15, 0.2) is 4.66 Å². The third-order valence-electron chi connectivity index (χ3n) is 3.18. The lowest BCUT2D eigenvalue weighted by molar-refractivity contribution is 0.199. The Morgan fingerprint density at radius 1 is 1.12 bits per heavy atom. The van der Waals surface area contributed by atoms with Crippen molar-refractivity contribution >= 4 is 14.4 Å². The molecule has 0 aromatic rings. The average molecular weight is 257 g/mol. The first-order valence-electron chi connectivity index (χ1n) is 7.03. The van der Waals surface area contributed by atoms with Crippen LogP contribution in [0, 0.1) is 0 Å². The lowest BCUT2D eigenvalue weighted by Crippen LogP contribution is -2.41. The molecule has 0 radical (unpaired) electrons. The van der Waals surface area contributed by atoms with Gasteiger partial charge in [0.15, 0.2) is 0 Å². The van der Waals surface area contributed by atoms with Gasteiger partial charge in [0, 0.05) is 25.5 Å². The van der Waals surface area contributed by atoms with Gasteiger partial charge in [-0.05, 0) is 32.1 Å². The van der Waals surface area contributed by atoms with Gasteiger partial charge in [0.25, 0.3) is 0 Å². The quantitative estimate of drug-likeness (QED) is 0.649. The maximum absolute atomic E-state index is 6.00. The van der Waals surface area contributed by atoms with Crippen molar-refractivity contribution in [1.29, 1.82) is 0 Å².